The summed E-state index contributed by atoms with van der Waals surface area (Å²) in [5.41, 5.74) is 1.52. The SMILES string of the molecule is CCNC(C1=CCCCCC1)c1cc2cc(F)ccc2s1. The summed E-state index contributed by atoms with van der Waals surface area (Å²) < 4.78 is 14.6. The number of nitrogens with one attached hydrogen (secondary N) is 1. The van der Waals surface area contributed by atoms with E-state index in [4.69, 9.17) is 0 Å². The molecule has 2 aromatic rings. The van der Waals surface area contributed by atoms with Gasteiger partial charge in [0.05, 0.1) is 6.04 Å². The number of rotatable bonds is 4. The van der Waals surface area contributed by atoms with Crippen molar-refractivity contribution in [1.82, 2.24) is 5.32 Å². The fourth-order valence-electron chi connectivity index (χ4n) is 3.10. The van der Waals surface area contributed by atoms with E-state index in [1.165, 1.54) is 47.3 Å². The van der Waals surface area contributed by atoms with E-state index in [9.17, 15) is 4.39 Å². The number of halogens is 1. The van der Waals surface area contributed by atoms with Gasteiger partial charge in [-0.3, -0.25) is 0 Å². The summed E-state index contributed by atoms with van der Waals surface area (Å²) in [6.45, 7) is 3.10. The summed E-state index contributed by atoms with van der Waals surface area (Å²) in [6, 6.07) is 7.54. The third-order valence-corrected chi connectivity index (χ3v) is 5.32. The second-order valence-corrected chi connectivity index (χ2v) is 6.82. The minimum absolute atomic E-state index is 0.152. The van der Waals surface area contributed by atoms with Gasteiger partial charge in [-0.1, -0.05) is 25.0 Å². The molecule has 0 saturated carbocycles. The number of benzene rings is 1. The van der Waals surface area contributed by atoms with Crippen molar-refractivity contribution in [2.24, 2.45) is 0 Å². The van der Waals surface area contributed by atoms with Crippen molar-refractivity contribution in [2.75, 3.05) is 6.54 Å². The molecule has 1 aliphatic rings. The number of allylic oxidation sites excluding steroid dienone is 1. The van der Waals surface area contributed by atoms with E-state index in [1.807, 2.05) is 6.07 Å². The summed E-state index contributed by atoms with van der Waals surface area (Å²) in [7, 11) is 0. The van der Waals surface area contributed by atoms with Crippen LogP contribution < -0.4 is 5.32 Å². The van der Waals surface area contributed by atoms with Gasteiger partial charge in [-0.2, -0.15) is 0 Å². The third-order valence-electron chi connectivity index (χ3n) is 4.14. The first-order chi connectivity index (χ1) is 10.3. The second kappa shape index (κ2) is 6.71. The van der Waals surface area contributed by atoms with Gasteiger partial charge < -0.3 is 5.32 Å². The van der Waals surface area contributed by atoms with Crippen LogP contribution in [-0.2, 0) is 0 Å². The highest BCUT2D eigenvalue weighted by molar-refractivity contribution is 7.19. The van der Waals surface area contributed by atoms with Crippen LogP contribution in [0.1, 0.15) is 49.9 Å². The highest BCUT2D eigenvalue weighted by atomic mass is 32.1. The Morgan fingerprint density at radius 2 is 2.14 bits per heavy atom. The second-order valence-electron chi connectivity index (χ2n) is 5.70. The first-order valence-corrected chi connectivity index (χ1v) is 8.71. The number of hydrogen-bond acceptors (Lipinski definition) is 2. The van der Waals surface area contributed by atoms with E-state index in [2.05, 4.69) is 24.4 Å². The van der Waals surface area contributed by atoms with E-state index in [1.54, 1.807) is 23.5 Å². The number of likely N-dealkylation sites (N-methyl/N-ethyl adjacent to an activating group) is 1. The van der Waals surface area contributed by atoms with Gasteiger partial charge in [0.2, 0.25) is 0 Å². The Balaban J connectivity index is 1.96. The van der Waals surface area contributed by atoms with Crippen molar-refractivity contribution in [3.8, 4) is 0 Å². The van der Waals surface area contributed by atoms with Crippen LogP contribution in [-0.4, -0.2) is 6.54 Å². The quantitative estimate of drug-likeness (QED) is 0.727. The predicted molar refractivity (Wildman–Crippen MR) is 89.4 cm³/mol. The molecule has 1 atom stereocenters. The van der Waals surface area contributed by atoms with Crippen molar-refractivity contribution in [3.63, 3.8) is 0 Å². The summed E-state index contributed by atoms with van der Waals surface area (Å²) in [6.07, 6.45) is 8.71. The topological polar surface area (TPSA) is 12.0 Å². The van der Waals surface area contributed by atoms with Gasteiger partial charge >= 0.3 is 0 Å². The first kappa shape index (κ1) is 14.7. The Hall–Kier alpha value is -1.19. The highest BCUT2D eigenvalue weighted by Crippen LogP contribution is 2.36. The maximum absolute atomic E-state index is 13.4. The zero-order valence-electron chi connectivity index (χ0n) is 12.5. The highest BCUT2D eigenvalue weighted by Gasteiger charge is 2.19. The van der Waals surface area contributed by atoms with E-state index >= 15 is 0 Å². The smallest absolute Gasteiger partial charge is 0.123 e. The molecule has 112 valence electrons. The van der Waals surface area contributed by atoms with E-state index in [0.29, 0.717) is 6.04 Å². The van der Waals surface area contributed by atoms with Gasteiger partial charge in [0.15, 0.2) is 0 Å². The molecule has 0 aliphatic heterocycles. The van der Waals surface area contributed by atoms with Gasteiger partial charge in [0, 0.05) is 9.58 Å². The van der Waals surface area contributed by atoms with Crippen molar-refractivity contribution < 1.29 is 4.39 Å². The van der Waals surface area contributed by atoms with Gasteiger partial charge in [-0.25, -0.2) is 4.39 Å². The molecule has 0 bridgehead atoms. The molecule has 1 aliphatic carbocycles. The normalized spacial score (nSPS) is 17.5. The molecule has 1 N–H and O–H groups in total. The van der Waals surface area contributed by atoms with Crippen LogP contribution in [0, 0.1) is 5.82 Å². The molecule has 3 heteroatoms. The Kier molecular flexibility index (Phi) is 4.71. The van der Waals surface area contributed by atoms with Crippen LogP contribution in [0.3, 0.4) is 0 Å². The van der Waals surface area contributed by atoms with Gasteiger partial charge in [-0.05, 0) is 61.9 Å². The van der Waals surface area contributed by atoms with Crippen molar-refractivity contribution in [2.45, 2.75) is 45.1 Å². The van der Waals surface area contributed by atoms with Gasteiger partial charge in [0.25, 0.3) is 0 Å². The lowest BCUT2D eigenvalue weighted by Crippen LogP contribution is -2.22. The van der Waals surface area contributed by atoms with Crippen LogP contribution in [0.15, 0.2) is 35.9 Å². The van der Waals surface area contributed by atoms with E-state index in [-0.39, 0.29) is 5.82 Å². The monoisotopic (exact) mass is 303 g/mol. The molecule has 0 amide bonds. The largest absolute Gasteiger partial charge is 0.306 e. The minimum atomic E-state index is -0.152. The van der Waals surface area contributed by atoms with Crippen LogP contribution in [0.4, 0.5) is 4.39 Å². The minimum Gasteiger partial charge on any atom is -0.306 e. The third kappa shape index (κ3) is 3.35. The van der Waals surface area contributed by atoms with E-state index < -0.39 is 0 Å². The summed E-state index contributed by atoms with van der Waals surface area (Å²) in [4.78, 5) is 1.31. The molecule has 1 unspecified atom stereocenters. The van der Waals surface area contributed by atoms with Gasteiger partial charge in [-0.15, -0.1) is 11.3 Å². The Labute approximate surface area is 129 Å². The zero-order valence-corrected chi connectivity index (χ0v) is 13.3. The fourth-order valence-corrected chi connectivity index (χ4v) is 4.26. The van der Waals surface area contributed by atoms with E-state index in [0.717, 1.165) is 11.9 Å². The lowest BCUT2D eigenvalue weighted by molar-refractivity contribution is 0.597. The van der Waals surface area contributed by atoms with Crippen molar-refractivity contribution in [3.05, 3.63) is 46.6 Å². The maximum atomic E-state index is 13.4. The number of hydrogen-bond donors (Lipinski definition) is 1. The Bertz CT molecular complexity index is 644. The molecule has 1 heterocycles. The molecule has 3 rings (SSSR count). The molecule has 1 aromatic heterocycles. The first-order valence-electron chi connectivity index (χ1n) is 7.89. The molecule has 0 radical (unpaired) electrons. The van der Waals surface area contributed by atoms with Crippen molar-refractivity contribution in [1.29, 1.82) is 0 Å². The summed E-state index contributed by atoms with van der Waals surface area (Å²) in [5, 5.41) is 4.64. The predicted octanol–water partition coefficient (Wildman–Crippen LogP) is 5.58. The molecule has 1 aromatic carbocycles. The fraction of sp³-hybridized carbons (Fsp3) is 0.444. The maximum Gasteiger partial charge on any atom is 0.123 e. The number of thiophene rings is 1. The Morgan fingerprint density at radius 3 is 3.00 bits per heavy atom. The average Bonchev–Trinajstić information content (AvgIpc) is 2.70. The molecular weight excluding hydrogens is 281 g/mol. The molecule has 0 spiro atoms. The molecule has 1 nitrogen and oxygen atoms in total. The standard InChI is InChI=1S/C18H22FNS/c1-2-20-18(13-7-5-3-4-6-8-13)17-12-14-11-15(19)9-10-16(14)21-17/h7,9-12,18,20H,2-6,8H2,1H3. The van der Waals surface area contributed by atoms with Gasteiger partial charge in [0.1, 0.15) is 5.82 Å². The Morgan fingerprint density at radius 1 is 1.24 bits per heavy atom. The summed E-state index contributed by atoms with van der Waals surface area (Å²) >= 11 is 1.78. The van der Waals surface area contributed by atoms with Crippen LogP contribution in [0.5, 0.6) is 0 Å². The number of fused-ring (bicyclic) bond motifs is 1. The van der Waals surface area contributed by atoms with Crippen LogP contribution in [0.2, 0.25) is 0 Å². The van der Waals surface area contributed by atoms with Crippen LogP contribution in [0.25, 0.3) is 10.1 Å². The van der Waals surface area contributed by atoms with Crippen LogP contribution >= 0.6 is 11.3 Å². The molecule has 21 heavy (non-hydrogen) atoms. The zero-order chi connectivity index (χ0) is 14.7. The average molecular weight is 303 g/mol. The lowest BCUT2D eigenvalue weighted by Gasteiger charge is -2.19. The molecule has 0 fully saturated rings. The molecule has 0 saturated heterocycles. The lowest BCUT2D eigenvalue weighted by atomic mass is 10.00. The van der Waals surface area contributed by atoms with Crippen molar-refractivity contribution >= 4 is 21.4 Å². The molecular formula is C18H22FNS. The summed E-state index contributed by atoms with van der Waals surface area (Å²) in [5.74, 6) is -0.152.